The molecule has 5 N–H and O–H groups in total. The van der Waals surface area contributed by atoms with Crippen LogP contribution in [0.15, 0.2) is 21.9 Å². The molecule has 43 heavy (non-hydrogen) atoms. The molecule has 1 amide bonds. The first-order valence-electron chi connectivity index (χ1n) is 15.9. The van der Waals surface area contributed by atoms with Crippen LogP contribution in [0.25, 0.3) is 0 Å². The molecule has 2 rings (SSSR count). The summed E-state index contributed by atoms with van der Waals surface area (Å²) in [6.45, 7) is 1.50. The van der Waals surface area contributed by atoms with Crippen LogP contribution in [0, 0.1) is 0 Å². The van der Waals surface area contributed by atoms with Crippen LogP contribution in [0.2, 0.25) is 0 Å². The molecule has 1 aliphatic rings. The SMILES string of the molecule is CCCCCCCCCCCCCCCCCCNC(=O)CO[C@@H]1[C@H](OP(=O)(O)O)[C@@H](CO)O[C@H]1n1ccc(=O)[nH]c1=O. The van der Waals surface area contributed by atoms with Crippen molar-refractivity contribution in [1.29, 1.82) is 0 Å². The van der Waals surface area contributed by atoms with Crippen LogP contribution in [0.3, 0.4) is 0 Å². The highest BCUT2D eigenvalue weighted by atomic mass is 31.2. The Labute approximate surface area is 254 Å². The summed E-state index contributed by atoms with van der Waals surface area (Å²) < 4.78 is 28.5. The molecule has 0 bridgehead atoms. The monoisotopic (exact) mass is 633 g/mol. The summed E-state index contributed by atoms with van der Waals surface area (Å²) in [6.07, 6.45) is 15.7. The van der Waals surface area contributed by atoms with E-state index in [0.717, 1.165) is 36.1 Å². The van der Waals surface area contributed by atoms with Crippen molar-refractivity contribution < 1.29 is 38.3 Å². The van der Waals surface area contributed by atoms with E-state index < -0.39 is 62.7 Å². The Bertz CT molecular complexity index is 1080. The number of nitrogens with one attached hydrogen (secondary N) is 2. The molecule has 0 unspecified atom stereocenters. The van der Waals surface area contributed by atoms with Gasteiger partial charge in [0.15, 0.2) is 6.23 Å². The van der Waals surface area contributed by atoms with E-state index in [-0.39, 0.29) is 0 Å². The fourth-order valence-corrected chi connectivity index (χ4v) is 5.87. The molecule has 1 aromatic rings. The van der Waals surface area contributed by atoms with Gasteiger partial charge in [-0.15, -0.1) is 0 Å². The van der Waals surface area contributed by atoms with E-state index in [1.54, 1.807) is 0 Å². The van der Waals surface area contributed by atoms with Crippen molar-refractivity contribution in [3.8, 4) is 0 Å². The van der Waals surface area contributed by atoms with E-state index in [0.29, 0.717) is 6.54 Å². The predicted octanol–water partition coefficient (Wildman–Crippen LogP) is 3.67. The first kappa shape index (κ1) is 37.3. The molecule has 0 radical (unpaired) electrons. The lowest BCUT2D eigenvalue weighted by Crippen LogP contribution is -2.42. The van der Waals surface area contributed by atoms with E-state index in [1.165, 1.54) is 83.5 Å². The number of aliphatic hydroxyl groups is 1. The van der Waals surface area contributed by atoms with Crippen molar-refractivity contribution >= 4 is 13.7 Å². The Hall–Kier alpha value is -1.86. The van der Waals surface area contributed by atoms with Gasteiger partial charge < -0.3 is 29.7 Å². The summed E-state index contributed by atoms with van der Waals surface area (Å²) in [5, 5.41) is 12.4. The van der Waals surface area contributed by atoms with Crippen LogP contribution in [-0.4, -0.2) is 68.4 Å². The van der Waals surface area contributed by atoms with Gasteiger partial charge in [-0.3, -0.25) is 23.7 Å². The smallest absolute Gasteiger partial charge is 0.394 e. The third-order valence-electron chi connectivity index (χ3n) is 7.61. The van der Waals surface area contributed by atoms with Gasteiger partial charge in [-0.05, 0) is 6.42 Å². The lowest BCUT2D eigenvalue weighted by atomic mass is 10.0. The van der Waals surface area contributed by atoms with E-state index in [2.05, 4.69) is 17.2 Å². The van der Waals surface area contributed by atoms with Gasteiger partial charge in [0.05, 0.1) is 6.61 Å². The molecule has 4 atom stereocenters. The second-order valence-electron chi connectivity index (χ2n) is 11.3. The van der Waals surface area contributed by atoms with Crippen LogP contribution in [-0.2, 0) is 23.4 Å². The van der Waals surface area contributed by atoms with Gasteiger partial charge in [-0.2, -0.15) is 0 Å². The van der Waals surface area contributed by atoms with Crippen molar-refractivity contribution in [2.45, 2.75) is 134 Å². The quantitative estimate of drug-likeness (QED) is 0.0830. The Morgan fingerprint density at radius 3 is 1.95 bits per heavy atom. The minimum absolute atomic E-state index is 0.451. The van der Waals surface area contributed by atoms with E-state index >= 15 is 0 Å². The third kappa shape index (κ3) is 15.1. The molecule has 1 fully saturated rings. The fourth-order valence-electron chi connectivity index (χ4n) is 5.29. The number of carbonyl (C=O) groups excluding carboxylic acids is 1. The number of amides is 1. The summed E-state index contributed by atoms with van der Waals surface area (Å²) in [6, 6.07) is 1.05. The van der Waals surface area contributed by atoms with Crippen molar-refractivity contribution in [3.63, 3.8) is 0 Å². The van der Waals surface area contributed by atoms with E-state index in [1.807, 2.05) is 0 Å². The van der Waals surface area contributed by atoms with Crippen LogP contribution >= 0.6 is 7.82 Å². The first-order chi connectivity index (χ1) is 20.7. The van der Waals surface area contributed by atoms with Gasteiger partial charge in [0.1, 0.15) is 24.9 Å². The third-order valence-corrected chi connectivity index (χ3v) is 8.13. The molecule has 1 saturated heterocycles. The number of phosphoric ester groups is 1. The molecule has 248 valence electrons. The normalized spacial score (nSPS) is 20.5. The van der Waals surface area contributed by atoms with Crippen molar-refractivity contribution in [2.75, 3.05) is 19.8 Å². The number of unbranched alkanes of at least 4 members (excludes halogenated alkanes) is 15. The number of H-pyrrole nitrogens is 1. The molecule has 1 aliphatic heterocycles. The summed E-state index contributed by atoms with van der Waals surface area (Å²) in [5.74, 6) is -0.462. The number of ether oxygens (including phenoxy) is 2. The second kappa shape index (κ2) is 21.0. The van der Waals surface area contributed by atoms with Gasteiger partial charge in [-0.25, -0.2) is 9.36 Å². The van der Waals surface area contributed by atoms with Crippen LogP contribution in [0.4, 0.5) is 0 Å². The number of nitrogens with zero attached hydrogens (tertiary/aromatic N) is 1. The zero-order valence-electron chi connectivity index (χ0n) is 25.5. The van der Waals surface area contributed by atoms with Crippen molar-refractivity contribution in [1.82, 2.24) is 14.9 Å². The minimum atomic E-state index is -5.05. The minimum Gasteiger partial charge on any atom is -0.394 e. The molecular weight excluding hydrogens is 581 g/mol. The van der Waals surface area contributed by atoms with Gasteiger partial charge in [0.2, 0.25) is 5.91 Å². The number of hydrogen-bond donors (Lipinski definition) is 5. The van der Waals surface area contributed by atoms with E-state index in [9.17, 15) is 33.8 Å². The molecule has 1 aromatic heterocycles. The Morgan fingerprint density at radius 1 is 0.930 bits per heavy atom. The first-order valence-corrected chi connectivity index (χ1v) is 17.4. The molecule has 2 heterocycles. The number of carbonyl (C=O) groups is 1. The van der Waals surface area contributed by atoms with Gasteiger partial charge in [0.25, 0.3) is 5.56 Å². The van der Waals surface area contributed by atoms with E-state index in [4.69, 9.17) is 14.0 Å². The predicted molar refractivity (Wildman–Crippen MR) is 162 cm³/mol. The van der Waals surface area contributed by atoms with Crippen LogP contribution in [0.1, 0.15) is 116 Å². The number of aromatic nitrogens is 2. The van der Waals surface area contributed by atoms with Crippen LogP contribution in [0.5, 0.6) is 0 Å². The van der Waals surface area contributed by atoms with Crippen molar-refractivity contribution in [2.24, 2.45) is 0 Å². The second-order valence-corrected chi connectivity index (χ2v) is 12.4. The lowest BCUT2D eigenvalue weighted by molar-refractivity contribution is -0.132. The average molecular weight is 634 g/mol. The molecule has 14 heteroatoms. The summed E-state index contributed by atoms with van der Waals surface area (Å²) >= 11 is 0. The fraction of sp³-hybridized carbons (Fsp3) is 0.828. The highest BCUT2D eigenvalue weighted by Gasteiger charge is 2.50. The molecule has 0 aliphatic carbocycles. The van der Waals surface area contributed by atoms with Crippen molar-refractivity contribution in [3.05, 3.63) is 33.1 Å². The number of rotatable bonds is 24. The topological polar surface area (TPSA) is 189 Å². The number of hydrogen-bond acceptors (Lipinski definition) is 8. The Kier molecular flexibility index (Phi) is 18.2. The molecular formula is C29H52N3O10P. The lowest BCUT2D eigenvalue weighted by Gasteiger charge is -2.24. The summed E-state index contributed by atoms with van der Waals surface area (Å²) in [7, 11) is -5.05. The number of aliphatic hydroxyl groups excluding tert-OH is 1. The highest BCUT2D eigenvalue weighted by molar-refractivity contribution is 7.46. The highest BCUT2D eigenvalue weighted by Crippen LogP contribution is 2.44. The van der Waals surface area contributed by atoms with Gasteiger partial charge in [0, 0.05) is 18.8 Å². The molecule has 0 saturated carbocycles. The molecule has 0 aromatic carbocycles. The van der Waals surface area contributed by atoms with Crippen LogP contribution < -0.4 is 16.6 Å². The summed E-state index contributed by atoms with van der Waals surface area (Å²) in [5.41, 5.74) is -1.53. The largest absolute Gasteiger partial charge is 0.470 e. The zero-order chi connectivity index (χ0) is 31.5. The Balaban J connectivity index is 1.64. The Morgan fingerprint density at radius 2 is 1.47 bits per heavy atom. The summed E-state index contributed by atoms with van der Waals surface area (Å²) in [4.78, 5) is 57.0. The van der Waals surface area contributed by atoms with Gasteiger partial charge in [-0.1, -0.05) is 103 Å². The average Bonchev–Trinajstić information content (AvgIpc) is 3.28. The maximum Gasteiger partial charge on any atom is 0.470 e. The maximum atomic E-state index is 12.4. The maximum absolute atomic E-state index is 12.4. The van der Waals surface area contributed by atoms with Gasteiger partial charge >= 0.3 is 13.5 Å². The zero-order valence-corrected chi connectivity index (χ0v) is 26.4. The number of aromatic amines is 1. The number of phosphoric acid groups is 1. The standard InChI is InChI=1S/C29H52N3O10P/c1-2-3-4-5-6-7-8-9-10-11-12-13-14-15-16-17-19-30-25(35)22-40-27-26(42-43(37,38)39)23(21-33)41-28(27)32-20-18-24(34)31-29(32)36/h18,20,23,26-28,33H,2-17,19,21-22H2,1H3,(H,30,35)(H,31,34,36)(H2,37,38,39)/t23-,26-,27-,28-/m1/s1. The molecule has 13 nitrogen and oxygen atoms in total. The molecule has 0 spiro atoms.